The number of methoxy groups -OCH3 is 2. The zero-order valence-corrected chi connectivity index (χ0v) is 19.0. The minimum Gasteiger partial charge on any atom is -0.493 e. The fourth-order valence-electron chi connectivity index (χ4n) is 2.84. The van der Waals surface area contributed by atoms with Gasteiger partial charge in [0.2, 0.25) is 0 Å². The zero-order valence-electron chi connectivity index (χ0n) is 18.1. The predicted octanol–water partition coefficient (Wildman–Crippen LogP) is 4.78. The Balaban J connectivity index is 2.59. The number of ether oxygens (including phenoxy) is 3. The SMILES string of the molecule is C=C(C)C[C@@H](CCCC(=O)CP(=O)(OC)OC)OCc1ccc(OC)c(OC)c1. The van der Waals surface area contributed by atoms with Gasteiger partial charge in [-0.05, 0) is 43.9 Å². The van der Waals surface area contributed by atoms with Gasteiger partial charge < -0.3 is 23.3 Å². The zero-order chi connectivity index (χ0) is 21.9. The first kappa shape index (κ1) is 25.4. The maximum atomic E-state index is 12.1. The molecule has 0 aliphatic carbocycles. The average molecular weight is 428 g/mol. The number of ketones is 1. The molecule has 1 aromatic carbocycles. The van der Waals surface area contributed by atoms with Gasteiger partial charge in [-0.15, -0.1) is 6.58 Å². The van der Waals surface area contributed by atoms with Crippen molar-refractivity contribution in [2.45, 2.75) is 45.3 Å². The third-order valence-electron chi connectivity index (χ3n) is 4.42. The van der Waals surface area contributed by atoms with Crippen molar-refractivity contribution < 1.29 is 32.6 Å². The standard InChI is InChI=1S/C21H33O7P/c1-16(2)12-19(9-7-8-18(22)15-29(23,26-5)27-6)28-14-17-10-11-20(24-3)21(13-17)25-4/h10-11,13,19H,1,7-9,12,14-15H2,2-6H3/t19-/m1/s1. The molecule has 0 spiro atoms. The molecule has 0 N–H and O–H groups in total. The van der Waals surface area contributed by atoms with E-state index in [-0.39, 0.29) is 18.0 Å². The van der Waals surface area contributed by atoms with E-state index >= 15 is 0 Å². The molecule has 0 aromatic heterocycles. The van der Waals surface area contributed by atoms with E-state index in [1.54, 1.807) is 14.2 Å². The molecular formula is C21H33O7P. The van der Waals surface area contributed by atoms with Crippen LogP contribution in [0.25, 0.3) is 0 Å². The van der Waals surface area contributed by atoms with E-state index in [2.05, 4.69) is 6.58 Å². The Morgan fingerprint density at radius 2 is 1.76 bits per heavy atom. The number of hydrogen-bond acceptors (Lipinski definition) is 7. The van der Waals surface area contributed by atoms with Gasteiger partial charge in [0.15, 0.2) is 11.5 Å². The molecule has 8 heteroatoms. The minimum absolute atomic E-state index is 0.0648. The van der Waals surface area contributed by atoms with Crippen LogP contribution in [0.4, 0.5) is 0 Å². The third-order valence-corrected chi connectivity index (χ3v) is 6.27. The van der Waals surface area contributed by atoms with Crippen LogP contribution in [-0.4, -0.2) is 46.5 Å². The summed E-state index contributed by atoms with van der Waals surface area (Å²) in [5, 5.41) is 0. The van der Waals surface area contributed by atoms with Gasteiger partial charge >= 0.3 is 7.60 Å². The Morgan fingerprint density at radius 3 is 2.31 bits per heavy atom. The minimum atomic E-state index is -3.31. The Morgan fingerprint density at radius 1 is 1.10 bits per heavy atom. The van der Waals surface area contributed by atoms with Gasteiger partial charge in [-0.1, -0.05) is 11.6 Å². The smallest absolute Gasteiger partial charge is 0.337 e. The molecule has 0 radical (unpaired) electrons. The number of rotatable bonds is 15. The first-order valence-corrected chi connectivity index (χ1v) is 11.2. The second-order valence-electron chi connectivity index (χ2n) is 6.85. The fraction of sp³-hybridized carbons (Fsp3) is 0.571. The van der Waals surface area contributed by atoms with Crippen molar-refractivity contribution in [1.29, 1.82) is 0 Å². The number of hydrogen-bond donors (Lipinski definition) is 0. The molecule has 1 atom stereocenters. The average Bonchev–Trinajstić information content (AvgIpc) is 2.70. The summed E-state index contributed by atoms with van der Waals surface area (Å²) >= 11 is 0. The highest BCUT2D eigenvalue weighted by Gasteiger charge is 2.25. The van der Waals surface area contributed by atoms with Crippen molar-refractivity contribution in [1.82, 2.24) is 0 Å². The summed E-state index contributed by atoms with van der Waals surface area (Å²) in [7, 11) is 2.44. The largest absolute Gasteiger partial charge is 0.493 e. The summed E-state index contributed by atoms with van der Waals surface area (Å²) < 4.78 is 38.3. The van der Waals surface area contributed by atoms with Crippen LogP contribution in [0.5, 0.6) is 11.5 Å². The van der Waals surface area contributed by atoms with Gasteiger partial charge in [-0.25, -0.2) is 0 Å². The summed E-state index contributed by atoms with van der Waals surface area (Å²) in [5.74, 6) is 1.17. The molecule has 0 bridgehead atoms. The van der Waals surface area contributed by atoms with Crippen molar-refractivity contribution in [3.63, 3.8) is 0 Å². The lowest BCUT2D eigenvalue weighted by Gasteiger charge is -2.19. The van der Waals surface area contributed by atoms with E-state index in [0.29, 0.717) is 43.8 Å². The summed E-state index contributed by atoms with van der Waals surface area (Å²) in [6.07, 6.45) is 2.04. The molecule has 0 unspecified atom stereocenters. The first-order valence-electron chi connectivity index (χ1n) is 9.46. The van der Waals surface area contributed by atoms with Crippen LogP contribution in [-0.2, 0) is 29.8 Å². The van der Waals surface area contributed by atoms with Crippen molar-refractivity contribution in [3.05, 3.63) is 35.9 Å². The maximum Gasteiger partial charge on any atom is 0.337 e. The molecule has 0 saturated heterocycles. The summed E-state index contributed by atoms with van der Waals surface area (Å²) in [6, 6.07) is 5.65. The van der Waals surface area contributed by atoms with Gasteiger partial charge in [0.1, 0.15) is 11.9 Å². The van der Waals surface area contributed by atoms with E-state index < -0.39 is 7.60 Å². The van der Waals surface area contributed by atoms with Crippen molar-refractivity contribution >= 4 is 13.4 Å². The van der Waals surface area contributed by atoms with Gasteiger partial charge in [0, 0.05) is 20.6 Å². The molecule has 7 nitrogen and oxygen atoms in total. The number of carbonyl (C=O) groups excluding carboxylic acids is 1. The lowest BCUT2D eigenvalue weighted by atomic mass is 10.0. The Kier molecular flexibility index (Phi) is 11.2. The van der Waals surface area contributed by atoms with Crippen molar-refractivity contribution in [2.24, 2.45) is 0 Å². The van der Waals surface area contributed by atoms with Gasteiger partial charge in [-0.3, -0.25) is 9.36 Å². The number of carbonyl (C=O) groups is 1. The molecule has 0 fully saturated rings. The summed E-state index contributed by atoms with van der Waals surface area (Å²) in [6.45, 7) is 6.32. The van der Waals surface area contributed by atoms with E-state index in [1.807, 2.05) is 25.1 Å². The molecule has 0 amide bonds. The first-order chi connectivity index (χ1) is 13.8. The Bertz CT molecular complexity index is 709. The number of Topliss-reactive ketones (excluding diaryl/α,β-unsaturated/α-hetero) is 1. The quantitative estimate of drug-likeness (QED) is 0.294. The summed E-state index contributed by atoms with van der Waals surface area (Å²) in [5.41, 5.74) is 1.98. The number of benzene rings is 1. The molecule has 0 heterocycles. The van der Waals surface area contributed by atoms with E-state index in [0.717, 1.165) is 11.1 Å². The lowest BCUT2D eigenvalue weighted by Crippen LogP contribution is -2.15. The predicted molar refractivity (Wildman–Crippen MR) is 113 cm³/mol. The highest BCUT2D eigenvalue weighted by atomic mass is 31.2. The van der Waals surface area contributed by atoms with E-state index in [4.69, 9.17) is 23.3 Å². The van der Waals surface area contributed by atoms with Crippen molar-refractivity contribution in [3.8, 4) is 11.5 Å². The second kappa shape index (κ2) is 12.8. The Labute approximate surface area is 173 Å². The monoisotopic (exact) mass is 428 g/mol. The van der Waals surface area contributed by atoms with Gasteiger partial charge in [-0.2, -0.15) is 0 Å². The highest BCUT2D eigenvalue weighted by Crippen LogP contribution is 2.46. The summed E-state index contributed by atoms with van der Waals surface area (Å²) in [4.78, 5) is 12.1. The van der Waals surface area contributed by atoms with Crippen LogP contribution >= 0.6 is 7.60 Å². The van der Waals surface area contributed by atoms with Crippen LogP contribution in [0.2, 0.25) is 0 Å². The third kappa shape index (κ3) is 9.13. The molecular weight excluding hydrogens is 395 g/mol. The lowest BCUT2D eigenvalue weighted by molar-refractivity contribution is -0.117. The molecule has 0 aliphatic heterocycles. The van der Waals surface area contributed by atoms with Gasteiger partial charge in [0.05, 0.1) is 26.9 Å². The molecule has 0 saturated carbocycles. The molecule has 164 valence electrons. The fourth-order valence-corrected chi connectivity index (χ4v) is 3.84. The van der Waals surface area contributed by atoms with Crippen LogP contribution in [0.3, 0.4) is 0 Å². The van der Waals surface area contributed by atoms with Gasteiger partial charge in [0.25, 0.3) is 0 Å². The molecule has 0 aliphatic rings. The van der Waals surface area contributed by atoms with Crippen molar-refractivity contribution in [2.75, 3.05) is 34.6 Å². The van der Waals surface area contributed by atoms with Crippen LogP contribution in [0.1, 0.15) is 38.2 Å². The highest BCUT2D eigenvalue weighted by molar-refractivity contribution is 7.54. The van der Waals surface area contributed by atoms with Crippen LogP contribution in [0, 0.1) is 0 Å². The Hall–Kier alpha value is -1.66. The van der Waals surface area contributed by atoms with E-state index in [9.17, 15) is 9.36 Å². The normalized spacial score (nSPS) is 12.4. The second-order valence-corrected chi connectivity index (χ2v) is 9.12. The van der Waals surface area contributed by atoms with E-state index in [1.165, 1.54) is 14.2 Å². The molecule has 1 aromatic rings. The molecule has 1 rings (SSSR count). The topological polar surface area (TPSA) is 80.3 Å². The van der Waals surface area contributed by atoms with Crippen LogP contribution < -0.4 is 9.47 Å². The maximum absolute atomic E-state index is 12.1. The van der Waals surface area contributed by atoms with Crippen LogP contribution in [0.15, 0.2) is 30.4 Å². The molecule has 29 heavy (non-hydrogen) atoms.